The van der Waals surface area contributed by atoms with E-state index in [1.54, 1.807) is 25.2 Å². The molecule has 3 rings (SSSR count). The fourth-order valence-electron chi connectivity index (χ4n) is 2.90. The van der Waals surface area contributed by atoms with E-state index in [4.69, 9.17) is 0 Å². The molecular formula is C15H19FN2O3S. The van der Waals surface area contributed by atoms with Crippen LogP contribution < -0.4 is 0 Å². The third-order valence-electron chi connectivity index (χ3n) is 4.61. The predicted molar refractivity (Wildman–Crippen MR) is 79.9 cm³/mol. The second-order valence-electron chi connectivity index (χ2n) is 6.11. The molecule has 120 valence electrons. The van der Waals surface area contributed by atoms with Gasteiger partial charge in [0.25, 0.3) is 0 Å². The van der Waals surface area contributed by atoms with Crippen molar-refractivity contribution in [2.75, 3.05) is 20.1 Å². The van der Waals surface area contributed by atoms with Gasteiger partial charge in [0, 0.05) is 25.7 Å². The van der Waals surface area contributed by atoms with E-state index in [2.05, 4.69) is 0 Å². The van der Waals surface area contributed by atoms with Crippen LogP contribution in [0.2, 0.25) is 0 Å². The number of likely N-dealkylation sites (N-methyl/N-ethyl adjacent to an activating group) is 1. The van der Waals surface area contributed by atoms with Crippen LogP contribution in [0.25, 0.3) is 0 Å². The zero-order chi connectivity index (χ0) is 16.0. The third kappa shape index (κ3) is 2.52. The molecule has 1 heterocycles. The molecule has 0 unspecified atom stereocenters. The standard InChI is InChI=1S/C15H19FN2O3S/c1-17(10-12-4-2-3-5-13(12)16)14(19)11-18-9-8-15(6-7-15)22(18,20)21/h2-5H,6-11H2,1H3. The van der Waals surface area contributed by atoms with Gasteiger partial charge in [-0.2, -0.15) is 4.31 Å². The highest BCUT2D eigenvalue weighted by Crippen LogP contribution is 2.51. The molecule has 1 aromatic rings. The number of nitrogens with zero attached hydrogens (tertiary/aromatic N) is 2. The number of rotatable bonds is 4. The lowest BCUT2D eigenvalue weighted by molar-refractivity contribution is -0.130. The lowest BCUT2D eigenvalue weighted by Gasteiger charge is -2.21. The van der Waals surface area contributed by atoms with Gasteiger partial charge in [-0.05, 0) is 25.3 Å². The van der Waals surface area contributed by atoms with Gasteiger partial charge in [0.05, 0.1) is 11.3 Å². The second kappa shape index (κ2) is 5.31. The van der Waals surface area contributed by atoms with Gasteiger partial charge in [-0.25, -0.2) is 12.8 Å². The highest BCUT2D eigenvalue weighted by molar-refractivity contribution is 7.91. The molecule has 22 heavy (non-hydrogen) atoms. The number of amides is 1. The van der Waals surface area contributed by atoms with Crippen molar-refractivity contribution in [3.8, 4) is 0 Å². The van der Waals surface area contributed by atoms with E-state index in [0.29, 0.717) is 31.4 Å². The third-order valence-corrected chi connectivity index (χ3v) is 7.31. The summed E-state index contributed by atoms with van der Waals surface area (Å²) in [5, 5.41) is 0. The molecule has 0 atom stereocenters. The average molecular weight is 326 g/mol. The molecule has 7 heteroatoms. The van der Waals surface area contributed by atoms with E-state index in [-0.39, 0.29) is 24.8 Å². The topological polar surface area (TPSA) is 57.7 Å². The highest BCUT2D eigenvalue weighted by atomic mass is 32.2. The Bertz CT molecular complexity index is 700. The molecule has 0 bridgehead atoms. The summed E-state index contributed by atoms with van der Waals surface area (Å²) in [4.78, 5) is 13.6. The molecule has 0 radical (unpaired) electrons. The van der Waals surface area contributed by atoms with Gasteiger partial charge in [-0.1, -0.05) is 18.2 Å². The average Bonchev–Trinajstić information content (AvgIpc) is 3.22. The Hall–Kier alpha value is -1.47. The summed E-state index contributed by atoms with van der Waals surface area (Å²) in [7, 11) is -1.79. The normalized spacial score (nSPS) is 21.9. The molecular weight excluding hydrogens is 307 g/mol. The van der Waals surface area contributed by atoms with Gasteiger partial charge >= 0.3 is 0 Å². The van der Waals surface area contributed by atoms with Gasteiger partial charge in [-0.3, -0.25) is 4.79 Å². The fourth-order valence-corrected chi connectivity index (χ4v) is 5.03. The maximum Gasteiger partial charge on any atom is 0.237 e. The lowest BCUT2D eigenvalue weighted by atomic mass is 10.2. The molecule has 0 N–H and O–H groups in total. The number of hydrogen-bond acceptors (Lipinski definition) is 3. The first-order chi connectivity index (χ1) is 10.4. The Labute approximate surface area is 129 Å². The van der Waals surface area contributed by atoms with Crippen molar-refractivity contribution in [1.29, 1.82) is 0 Å². The van der Waals surface area contributed by atoms with Crippen molar-refractivity contribution in [2.45, 2.75) is 30.6 Å². The summed E-state index contributed by atoms with van der Waals surface area (Å²) in [6.07, 6.45) is 2.01. The SMILES string of the molecule is CN(Cc1ccccc1F)C(=O)CN1CCC2(CC2)S1(=O)=O. The maximum absolute atomic E-state index is 13.6. The van der Waals surface area contributed by atoms with Crippen LogP contribution in [0.3, 0.4) is 0 Å². The Morgan fingerprint density at radius 1 is 1.32 bits per heavy atom. The minimum absolute atomic E-state index is 0.130. The van der Waals surface area contributed by atoms with Crippen molar-refractivity contribution < 1.29 is 17.6 Å². The second-order valence-corrected chi connectivity index (χ2v) is 8.45. The first kappa shape index (κ1) is 15.4. The van der Waals surface area contributed by atoms with Gasteiger partial charge in [-0.15, -0.1) is 0 Å². The van der Waals surface area contributed by atoms with Crippen molar-refractivity contribution in [2.24, 2.45) is 0 Å². The number of hydrogen-bond donors (Lipinski definition) is 0. The van der Waals surface area contributed by atoms with Crippen LogP contribution in [-0.2, 0) is 21.4 Å². The first-order valence-electron chi connectivity index (χ1n) is 7.33. The number of halogens is 1. The zero-order valence-electron chi connectivity index (χ0n) is 12.5. The molecule has 1 spiro atoms. The number of sulfonamides is 1. The maximum atomic E-state index is 13.6. The van der Waals surface area contributed by atoms with Crippen LogP contribution in [0, 0.1) is 5.82 Å². The zero-order valence-corrected chi connectivity index (χ0v) is 13.3. The highest BCUT2D eigenvalue weighted by Gasteiger charge is 2.60. The molecule has 1 amide bonds. The minimum Gasteiger partial charge on any atom is -0.340 e. The van der Waals surface area contributed by atoms with E-state index in [1.807, 2.05) is 0 Å². The number of carbonyl (C=O) groups is 1. The number of benzene rings is 1. The summed E-state index contributed by atoms with van der Waals surface area (Å²) in [5.74, 6) is -0.683. The smallest absolute Gasteiger partial charge is 0.237 e. The Balaban J connectivity index is 1.64. The summed E-state index contributed by atoms with van der Waals surface area (Å²) in [5.41, 5.74) is 0.418. The van der Waals surface area contributed by atoms with E-state index >= 15 is 0 Å². The van der Waals surface area contributed by atoms with Crippen LogP contribution in [0.15, 0.2) is 24.3 Å². The molecule has 1 saturated carbocycles. The molecule has 5 nitrogen and oxygen atoms in total. The Kier molecular flexibility index (Phi) is 3.72. The van der Waals surface area contributed by atoms with Crippen LogP contribution in [0.1, 0.15) is 24.8 Å². The molecule has 1 aromatic carbocycles. The van der Waals surface area contributed by atoms with Crippen molar-refractivity contribution in [1.82, 2.24) is 9.21 Å². The van der Waals surface area contributed by atoms with E-state index < -0.39 is 14.8 Å². The lowest BCUT2D eigenvalue weighted by Crippen LogP contribution is -2.40. The summed E-state index contributed by atoms with van der Waals surface area (Å²) in [6, 6.07) is 6.26. The van der Waals surface area contributed by atoms with Crippen molar-refractivity contribution in [3.63, 3.8) is 0 Å². The van der Waals surface area contributed by atoms with Gasteiger partial charge < -0.3 is 4.90 Å². The Morgan fingerprint density at radius 3 is 2.59 bits per heavy atom. The van der Waals surface area contributed by atoms with Crippen LogP contribution in [0.5, 0.6) is 0 Å². The van der Waals surface area contributed by atoms with E-state index in [9.17, 15) is 17.6 Å². The molecule has 1 aliphatic carbocycles. The minimum atomic E-state index is -3.35. The van der Waals surface area contributed by atoms with Crippen LogP contribution in [-0.4, -0.2) is 48.4 Å². The summed E-state index contributed by atoms with van der Waals surface area (Å²) >= 11 is 0. The molecule has 0 aromatic heterocycles. The van der Waals surface area contributed by atoms with E-state index in [0.717, 1.165) is 0 Å². The fraction of sp³-hybridized carbons (Fsp3) is 0.533. The number of carbonyl (C=O) groups excluding carboxylic acids is 1. The quantitative estimate of drug-likeness (QED) is 0.839. The largest absolute Gasteiger partial charge is 0.340 e. The van der Waals surface area contributed by atoms with Gasteiger partial charge in [0.2, 0.25) is 15.9 Å². The molecule has 1 aliphatic heterocycles. The summed E-state index contributed by atoms with van der Waals surface area (Å²) in [6.45, 7) is 0.376. The first-order valence-corrected chi connectivity index (χ1v) is 8.77. The molecule has 1 saturated heterocycles. The monoisotopic (exact) mass is 326 g/mol. The van der Waals surface area contributed by atoms with Gasteiger partial charge in [0.15, 0.2) is 0 Å². The molecule has 2 fully saturated rings. The predicted octanol–water partition coefficient (Wildman–Crippen LogP) is 1.35. The Morgan fingerprint density at radius 2 is 2.00 bits per heavy atom. The van der Waals surface area contributed by atoms with Gasteiger partial charge in [0.1, 0.15) is 5.82 Å². The molecule has 2 aliphatic rings. The van der Waals surface area contributed by atoms with Crippen molar-refractivity contribution in [3.05, 3.63) is 35.6 Å². The summed E-state index contributed by atoms with van der Waals surface area (Å²) < 4.78 is 39.0. The van der Waals surface area contributed by atoms with E-state index in [1.165, 1.54) is 15.3 Å². The van der Waals surface area contributed by atoms with Crippen molar-refractivity contribution >= 4 is 15.9 Å². The van der Waals surface area contributed by atoms with Crippen LogP contribution >= 0.6 is 0 Å². The van der Waals surface area contributed by atoms with Crippen LogP contribution in [0.4, 0.5) is 4.39 Å².